The van der Waals surface area contributed by atoms with Crippen molar-refractivity contribution in [1.29, 1.82) is 0 Å². The largest absolute Gasteiger partial charge is 0.353 e. The maximum absolute atomic E-state index is 11.5. The molecule has 20 heavy (non-hydrogen) atoms. The van der Waals surface area contributed by atoms with Crippen LogP contribution in [-0.4, -0.2) is 55.1 Å². The highest BCUT2D eigenvalue weighted by molar-refractivity contribution is 7.88. The first-order valence-corrected chi connectivity index (χ1v) is 9.08. The highest BCUT2D eigenvalue weighted by Gasteiger charge is 2.25. The lowest BCUT2D eigenvalue weighted by atomic mass is 10.3. The lowest BCUT2D eigenvalue weighted by molar-refractivity contribution is 0.387. The lowest BCUT2D eigenvalue weighted by Crippen LogP contribution is -2.48. The quantitative estimate of drug-likeness (QED) is 0.830. The third-order valence-electron chi connectivity index (χ3n) is 3.52. The van der Waals surface area contributed by atoms with Crippen LogP contribution in [-0.2, 0) is 10.0 Å². The van der Waals surface area contributed by atoms with E-state index in [9.17, 15) is 8.42 Å². The van der Waals surface area contributed by atoms with E-state index in [2.05, 4.69) is 20.2 Å². The van der Waals surface area contributed by atoms with E-state index < -0.39 is 10.0 Å². The number of anilines is 1. The smallest absolute Gasteiger partial charge is 0.211 e. The van der Waals surface area contributed by atoms with Gasteiger partial charge >= 0.3 is 0 Å². The number of sulfonamides is 1. The van der Waals surface area contributed by atoms with Gasteiger partial charge in [0.25, 0.3) is 0 Å². The molecule has 0 unspecified atom stereocenters. The first-order chi connectivity index (χ1) is 9.47. The molecule has 1 aliphatic heterocycles. The average molecular weight is 312 g/mol. The van der Waals surface area contributed by atoms with Gasteiger partial charge in [-0.15, -0.1) is 11.3 Å². The Bertz CT molecular complexity index is 733. The van der Waals surface area contributed by atoms with Gasteiger partial charge in [-0.2, -0.15) is 4.31 Å². The Balaban J connectivity index is 1.87. The van der Waals surface area contributed by atoms with Gasteiger partial charge in [0.2, 0.25) is 10.0 Å². The molecule has 0 N–H and O–H groups in total. The molecule has 0 bridgehead atoms. The van der Waals surface area contributed by atoms with Crippen molar-refractivity contribution in [2.24, 2.45) is 0 Å². The van der Waals surface area contributed by atoms with Crippen LogP contribution >= 0.6 is 11.3 Å². The summed E-state index contributed by atoms with van der Waals surface area (Å²) in [5.74, 6) is 0.918. The van der Waals surface area contributed by atoms with E-state index >= 15 is 0 Å². The van der Waals surface area contributed by atoms with E-state index in [1.807, 2.05) is 6.92 Å². The molecule has 2 aromatic rings. The second kappa shape index (κ2) is 4.94. The lowest BCUT2D eigenvalue weighted by Gasteiger charge is -2.34. The normalized spacial score (nSPS) is 17.8. The predicted octanol–water partition coefficient (Wildman–Crippen LogP) is 1.08. The van der Waals surface area contributed by atoms with Crippen LogP contribution < -0.4 is 4.90 Å². The zero-order chi connectivity index (χ0) is 14.3. The van der Waals surface area contributed by atoms with Gasteiger partial charge in [0.05, 0.1) is 16.5 Å². The molecule has 6 nitrogen and oxygen atoms in total. The molecule has 1 aliphatic rings. The number of nitrogens with zero attached hydrogens (tertiary/aromatic N) is 4. The molecular weight excluding hydrogens is 296 g/mol. The SMILES string of the molecule is Cc1csc2c(N3CCN(S(C)(=O)=O)CC3)ncnc12. The standard InChI is InChI=1S/C12H16N4O2S2/c1-9-7-19-11-10(9)13-8-14-12(11)15-3-5-16(6-4-15)20(2,17)18/h7-8H,3-6H2,1-2H3. The van der Waals surface area contributed by atoms with Crippen molar-refractivity contribution in [2.45, 2.75) is 6.92 Å². The fourth-order valence-corrected chi connectivity index (χ4v) is 4.26. The summed E-state index contributed by atoms with van der Waals surface area (Å²) in [4.78, 5) is 10.8. The predicted molar refractivity (Wildman–Crippen MR) is 80.8 cm³/mol. The van der Waals surface area contributed by atoms with E-state index in [0.29, 0.717) is 26.2 Å². The van der Waals surface area contributed by atoms with Gasteiger partial charge in [0, 0.05) is 26.2 Å². The van der Waals surface area contributed by atoms with Gasteiger partial charge < -0.3 is 4.90 Å². The number of hydrogen-bond donors (Lipinski definition) is 0. The molecular formula is C12H16N4O2S2. The van der Waals surface area contributed by atoms with Crippen molar-refractivity contribution < 1.29 is 8.42 Å². The monoisotopic (exact) mass is 312 g/mol. The molecule has 0 radical (unpaired) electrons. The van der Waals surface area contributed by atoms with Crippen molar-refractivity contribution in [3.05, 3.63) is 17.3 Å². The molecule has 1 saturated heterocycles. The molecule has 0 atom stereocenters. The Labute approximate surface area is 122 Å². The van der Waals surface area contributed by atoms with Crippen LogP contribution in [0.3, 0.4) is 0 Å². The Kier molecular flexibility index (Phi) is 3.39. The number of rotatable bonds is 2. The van der Waals surface area contributed by atoms with E-state index in [4.69, 9.17) is 0 Å². The average Bonchev–Trinajstić information content (AvgIpc) is 2.80. The van der Waals surface area contributed by atoms with E-state index in [1.54, 1.807) is 17.7 Å². The molecule has 3 rings (SSSR count). The van der Waals surface area contributed by atoms with E-state index in [-0.39, 0.29) is 0 Å². The molecule has 0 saturated carbocycles. The van der Waals surface area contributed by atoms with Crippen molar-refractivity contribution in [2.75, 3.05) is 37.3 Å². The fraction of sp³-hybridized carbons (Fsp3) is 0.500. The van der Waals surface area contributed by atoms with Gasteiger partial charge in [-0.05, 0) is 17.9 Å². The number of hydrogen-bond acceptors (Lipinski definition) is 6. The molecule has 2 aromatic heterocycles. The minimum Gasteiger partial charge on any atom is -0.353 e. The molecule has 8 heteroatoms. The summed E-state index contributed by atoms with van der Waals surface area (Å²) in [6.45, 7) is 4.38. The van der Waals surface area contributed by atoms with Gasteiger partial charge in [-0.25, -0.2) is 18.4 Å². The zero-order valence-corrected chi connectivity index (χ0v) is 13.0. The second-order valence-corrected chi connectivity index (χ2v) is 7.80. The van der Waals surface area contributed by atoms with Crippen LogP contribution in [0.5, 0.6) is 0 Å². The molecule has 0 spiro atoms. The van der Waals surface area contributed by atoms with Crippen LogP contribution in [0.1, 0.15) is 5.56 Å². The van der Waals surface area contributed by atoms with Gasteiger partial charge in [-0.3, -0.25) is 0 Å². The third kappa shape index (κ3) is 2.38. The topological polar surface area (TPSA) is 66.4 Å². The number of aromatic nitrogens is 2. The highest BCUT2D eigenvalue weighted by atomic mass is 32.2. The molecule has 0 amide bonds. The molecule has 108 valence electrons. The van der Waals surface area contributed by atoms with E-state index in [0.717, 1.165) is 21.6 Å². The summed E-state index contributed by atoms with van der Waals surface area (Å²) in [6.07, 6.45) is 2.84. The number of aryl methyl sites for hydroxylation is 1. The zero-order valence-electron chi connectivity index (χ0n) is 11.4. The summed E-state index contributed by atoms with van der Waals surface area (Å²) < 4.78 is 25.7. The Morgan fingerprint density at radius 2 is 1.90 bits per heavy atom. The highest BCUT2D eigenvalue weighted by Crippen LogP contribution is 2.31. The summed E-state index contributed by atoms with van der Waals surface area (Å²) in [5, 5.41) is 2.08. The summed E-state index contributed by atoms with van der Waals surface area (Å²) in [7, 11) is -3.09. The Hall–Kier alpha value is -1.25. The fourth-order valence-electron chi connectivity index (χ4n) is 2.41. The number of piperazine rings is 1. The van der Waals surface area contributed by atoms with Crippen molar-refractivity contribution in [3.8, 4) is 0 Å². The summed E-state index contributed by atoms with van der Waals surface area (Å²) >= 11 is 1.64. The molecule has 0 aromatic carbocycles. The van der Waals surface area contributed by atoms with Crippen molar-refractivity contribution in [1.82, 2.24) is 14.3 Å². The minimum atomic E-state index is -3.09. The minimum absolute atomic E-state index is 0.509. The number of fused-ring (bicyclic) bond motifs is 1. The molecule has 1 fully saturated rings. The number of thiophene rings is 1. The van der Waals surface area contributed by atoms with Gasteiger partial charge in [0.1, 0.15) is 12.1 Å². The summed E-state index contributed by atoms with van der Waals surface area (Å²) in [6, 6.07) is 0. The van der Waals surface area contributed by atoms with Crippen LogP contribution in [0, 0.1) is 6.92 Å². The van der Waals surface area contributed by atoms with Crippen molar-refractivity contribution >= 4 is 37.4 Å². The van der Waals surface area contributed by atoms with Crippen molar-refractivity contribution in [3.63, 3.8) is 0 Å². The molecule has 3 heterocycles. The van der Waals surface area contributed by atoms with E-state index in [1.165, 1.54) is 10.6 Å². The summed E-state index contributed by atoms with van der Waals surface area (Å²) in [5.41, 5.74) is 2.15. The second-order valence-electron chi connectivity index (χ2n) is 4.94. The third-order valence-corrected chi connectivity index (χ3v) is 5.91. The van der Waals surface area contributed by atoms with Crippen LogP contribution in [0.25, 0.3) is 10.2 Å². The van der Waals surface area contributed by atoms with Gasteiger partial charge in [-0.1, -0.05) is 0 Å². The first-order valence-electron chi connectivity index (χ1n) is 6.35. The van der Waals surface area contributed by atoms with Crippen LogP contribution in [0.4, 0.5) is 5.82 Å². The maximum atomic E-state index is 11.5. The van der Waals surface area contributed by atoms with Crippen LogP contribution in [0.2, 0.25) is 0 Å². The van der Waals surface area contributed by atoms with Gasteiger partial charge in [0.15, 0.2) is 0 Å². The Morgan fingerprint density at radius 1 is 1.20 bits per heavy atom. The maximum Gasteiger partial charge on any atom is 0.211 e. The first kappa shape index (κ1) is 13.7. The Morgan fingerprint density at radius 3 is 2.55 bits per heavy atom. The van der Waals surface area contributed by atoms with Crippen LogP contribution in [0.15, 0.2) is 11.7 Å². The molecule has 0 aliphatic carbocycles.